The van der Waals surface area contributed by atoms with E-state index in [0.29, 0.717) is 6.04 Å². The molecule has 0 spiro atoms. The molecular formula is C22H31NO2. The average Bonchev–Trinajstić information content (AvgIpc) is 3.42. The number of hydrogen-bond acceptors (Lipinski definition) is 3. The monoisotopic (exact) mass is 341 g/mol. The molecule has 2 bridgehead atoms. The van der Waals surface area contributed by atoms with E-state index in [-0.39, 0.29) is 16.9 Å². The van der Waals surface area contributed by atoms with E-state index in [1.807, 2.05) is 0 Å². The van der Waals surface area contributed by atoms with Gasteiger partial charge < -0.3 is 9.84 Å². The minimum absolute atomic E-state index is 0.0300. The van der Waals surface area contributed by atoms with E-state index in [0.717, 1.165) is 30.9 Å². The summed E-state index contributed by atoms with van der Waals surface area (Å²) in [4.78, 5) is 2.75. The lowest BCUT2D eigenvalue weighted by molar-refractivity contribution is -0.152. The van der Waals surface area contributed by atoms with Crippen molar-refractivity contribution in [2.75, 3.05) is 20.2 Å². The molecule has 3 aliphatic carbocycles. The highest BCUT2D eigenvalue weighted by molar-refractivity contribution is 5.47. The Bertz CT molecular complexity index is 685. The van der Waals surface area contributed by atoms with Gasteiger partial charge in [-0.25, -0.2) is 0 Å². The summed E-state index contributed by atoms with van der Waals surface area (Å²) in [6.07, 6.45) is 8.21. The normalized spacial score (nSPS) is 40.3. The maximum absolute atomic E-state index is 11.2. The molecule has 136 valence electrons. The molecular weight excluding hydrogens is 310 g/mol. The molecule has 1 aromatic rings. The van der Waals surface area contributed by atoms with Crippen LogP contribution < -0.4 is 4.74 Å². The maximum atomic E-state index is 11.2. The molecule has 1 aliphatic heterocycles. The first kappa shape index (κ1) is 16.1. The van der Waals surface area contributed by atoms with Crippen LogP contribution in [0.4, 0.5) is 0 Å². The van der Waals surface area contributed by atoms with Crippen molar-refractivity contribution in [3.63, 3.8) is 0 Å². The minimum atomic E-state index is -0.187. The van der Waals surface area contributed by atoms with Crippen LogP contribution in [0.25, 0.3) is 0 Å². The summed E-state index contributed by atoms with van der Waals surface area (Å²) in [5.41, 5.74) is 3.07. The van der Waals surface area contributed by atoms with Gasteiger partial charge in [0.05, 0.1) is 13.2 Å². The lowest BCUT2D eigenvalue weighted by Gasteiger charge is -2.67. The number of benzene rings is 1. The molecule has 0 amide bonds. The molecule has 3 heteroatoms. The molecule has 5 rings (SSSR count). The highest BCUT2D eigenvalue weighted by Crippen LogP contribution is 2.63. The summed E-state index contributed by atoms with van der Waals surface area (Å²) in [5, 5.41) is 11.2. The van der Waals surface area contributed by atoms with E-state index in [9.17, 15) is 5.11 Å². The Morgan fingerprint density at radius 1 is 1.24 bits per heavy atom. The second kappa shape index (κ2) is 5.47. The van der Waals surface area contributed by atoms with E-state index in [1.54, 1.807) is 7.11 Å². The van der Waals surface area contributed by atoms with E-state index >= 15 is 0 Å². The lowest BCUT2D eigenvalue weighted by Crippen LogP contribution is -2.71. The molecule has 2 saturated carbocycles. The van der Waals surface area contributed by atoms with Gasteiger partial charge in [0.2, 0.25) is 0 Å². The number of likely N-dealkylation sites (tertiary alicyclic amines) is 1. The molecule has 1 N–H and O–H groups in total. The van der Waals surface area contributed by atoms with Crippen LogP contribution in [0.1, 0.15) is 56.6 Å². The van der Waals surface area contributed by atoms with Crippen molar-refractivity contribution < 1.29 is 9.84 Å². The van der Waals surface area contributed by atoms with Crippen LogP contribution in [0.2, 0.25) is 0 Å². The van der Waals surface area contributed by atoms with Crippen molar-refractivity contribution in [1.82, 2.24) is 4.90 Å². The number of fused-ring (bicyclic) bond motifs is 1. The largest absolute Gasteiger partial charge is 0.497 e. The zero-order chi connectivity index (χ0) is 17.2. The Hall–Kier alpha value is -1.06. The highest BCUT2D eigenvalue weighted by atomic mass is 16.5. The van der Waals surface area contributed by atoms with E-state index < -0.39 is 0 Å². The number of aliphatic hydroxyl groups is 1. The number of ether oxygens (including phenoxy) is 1. The van der Waals surface area contributed by atoms with Gasteiger partial charge in [0, 0.05) is 23.4 Å². The molecule has 0 radical (unpaired) electrons. The number of methoxy groups -OCH3 is 1. The molecule has 1 saturated heterocycles. The van der Waals surface area contributed by atoms with Crippen LogP contribution in [0, 0.1) is 11.3 Å². The Morgan fingerprint density at radius 3 is 2.84 bits per heavy atom. The molecule has 4 aliphatic rings. The smallest absolute Gasteiger partial charge is 0.119 e. The van der Waals surface area contributed by atoms with Gasteiger partial charge in [0.15, 0.2) is 0 Å². The summed E-state index contributed by atoms with van der Waals surface area (Å²) in [6.45, 7) is 4.84. The second-order valence-corrected chi connectivity index (χ2v) is 9.20. The van der Waals surface area contributed by atoms with Gasteiger partial charge in [-0.3, -0.25) is 4.90 Å². The maximum Gasteiger partial charge on any atom is 0.119 e. The third-order valence-electron chi connectivity index (χ3n) is 8.20. The standard InChI is InChI=1S/C22H31NO2/c1-21-19-12-16-7-8-17(25-2)13-18(16)22(21,9-3-4-20(21)24)10-11-23(19)14-15-5-6-15/h7-8,13,15,19-20,24H,3-6,9-12,14H2,1-2H3/t19-,20?,21-,22+/m1/s1. The van der Waals surface area contributed by atoms with Crippen LogP contribution in [0.3, 0.4) is 0 Å². The summed E-state index contributed by atoms with van der Waals surface area (Å²) >= 11 is 0. The van der Waals surface area contributed by atoms with Gasteiger partial charge >= 0.3 is 0 Å². The molecule has 3 fully saturated rings. The van der Waals surface area contributed by atoms with Crippen LogP contribution in [-0.4, -0.2) is 42.4 Å². The van der Waals surface area contributed by atoms with Crippen molar-refractivity contribution in [3.05, 3.63) is 29.3 Å². The Balaban J connectivity index is 1.65. The molecule has 1 unspecified atom stereocenters. The summed E-state index contributed by atoms with van der Waals surface area (Å²) in [5.74, 6) is 1.88. The van der Waals surface area contributed by atoms with Gasteiger partial charge in [0.1, 0.15) is 5.75 Å². The molecule has 25 heavy (non-hydrogen) atoms. The fourth-order valence-electron chi connectivity index (χ4n) is 6.56. The summed E-state index contributed by atoms with van der Waals surface area (Å²) < 4.78 is 5.56. The Labute approximate surface area is 151 Å². The van der Waals surface area contributed by atoms with Gasteiger partial charge in [0.25, 0.3) is 0 Å². The van der Waals surface area contributed by atoms with Crippen molar-refractivity contribution >= 4 is 0 Å². The molecule has 1 heterocycles. The summed E-state index contributed by atoms with van der Waals surface area (Å²) in [6, 6.07) is 7.19. The van der Waals surface area contributed by atoms with Crippen molar-refractivity contribution in [2.24, 2.45) is 11.3 Å². The Kier molecular flexibility index (Phi) is 3.53. The predicted octanol–water partition coefficient (Wildman–Crippen LogP) is 3.52. The van der Waals surface area contributed by atoms with Gasteiger partial charge in [-0.1, -0.05) is 13.0 Å². The van der Waals surface area contributed by atoms with Gasteiger partial charge in [-0.2, -0.15) is 0 Å². The van der Waals surface area contributed by atoms with Gasteiger partial charge in [-0.15, -0.1) is 0 Å². The third-order valence-corrected chi connectivity index (χ3v) is 8.20. The average molecular weight is 341 g/mol. The molecule has 1 aromatic carbocycles. The first-order valence-electron chi connectivity index (χ1n) is 10.2. The fourth-order valence-corrected chi connectivity index (χ4v) is 6.56. The van der Waals surface area contributed by atoms with Crippen LogP contribution in [0.15, 0.2) is 18.2 Å². The SMILES string of the molecule is COc1ccc2c(c1)[C@@]13CCCC(O)[C@@]1(C)[C@@H](C2)N(CC1CC1)CC3. The number of hydrogen-bond donors (Lipinski definition) is 1. The van der Waals surface area contributed by atoms with Crippen molar-refractivity contribution in [2.45, 2.75) is 69.4 Å². The van der Waals surface area contributed by atoms with Crippen LogP contribution >= 0.6 is 0 Å². The number of piperidine rings is 1. The van der Waals surface area contributed by atoms with Crippen molar-refractivity contribution in [1.29, 1.82) is 0 Å². The van der Waals surface area contributed by atoms with Crippen LogP contribution in [0.5, 0.6) is 5.75 Å². The summed E-state index contributed by atoms with van der Waals surface area (Å²) in [7, 11) is 1.76. The molecule has 0 aromatic heterocycles. The zero-order valence-corrected chi connectivity index (χ0v) is 15.6. The minimum Gasteiger partial charge on any atom is -0.497 e. The predicted molar refractivity (Wildman–Crippen MR) is 99.0 cm³/mol. The Morgan fingerprint density at radius 2 is 2.08 bits per heavy atom. The molecule has 4 atom stereocenters. The van der Waals surface area contributed by atoms with E-state index in [2.05, 4.69) is 30.0 Å². The first-order valence-corrected chi connectivity index (χ1v) is 10.2. The fraction of sp³-hybridized carbons (Fsp3) is 0.727. The van der Waals surface area contributed by atoms with Gasteiger partial charge in [-0.05, 0) is 80.7 Å². The number of aliphatic hydroxyl groups excluding tert-OH is 1. The van der Waals surface area contributed by atoms with Crippen LogP contribution in [-0.2, 0) is 11.8 Å². The zero-order valence-electron chi connectivity index (χ0n) is 15.6. The topological polar surface area (TPSA) is 32.7 Å². The second-order valence-electron chi connectivity index (χ2n) is 9.20. The first-order chi connectivity index (χ1) is 12.1. The highest BCUT2D eigenvalue weighted by Gasteiger charge is 2.64. The lowest BCUT2D eigenvalue weighted by atomic mass is 9.43. The molecule has 3 nitrogen and oxygen atoms in total. The quantitative estimate of drug-likeness (QED) is 0.913. The van der Waals surface area contributed by atoms with E-state index in [4.69, 9.17) is 4.74 Å². The third kappa shape index (κ3) is 2.12. The number of rotatable bonds is 3. The van der Waals surface area contributed by atoms with E-state index in [1.165, 1.54) is 49.9 Å². The number of nitrogens with zero attached hydrogens (tertiary/aromatic N) is 1. The van der Waals surface area contributed by atoms with Crippen molar-refractivity contribution in [3.8, 4) is 5.75 Å².